The van der Waals surface area contributed by atoms with Gasteiger partial charge < -0.3 is 15.5 Å². The number of thioether (sulfide) groups is 1. The summed E-state index contributed by atoms with van der Waals surface area (Å²) in [7, 11) is 0. The maximum absolute atomic E-state index is 10.6. The summed E-state index contributed by atoms with van der Waals surface area (Å²) in [6, 6.07) is 3.70. The van der Waals surface area contributed by atoms with Gasteiger partial charge in [-0.1, -0.05) is 23.1 Å². The number of aromatic nitrogens is 2. The third kappa shape index (κ3) is 3.75. The lowest BCUT2D eigenvalue weighted by Crippen LogP contribution is -2.12. The van der Waals surface area contributed by atoms with Crippen LogP contribution in [0.2, 0.25) is 0 Å². The minimum absolute atomic E-state index is 0.215. The number of nitrogens with two attached hydrogens (primary N) is 1. The Morgan fingerprint density at radius 1 is 1.59 bits per heavy atom. The van der Waals surface area contributed by atoms with Crippen LogP contribution in [0.1, 0.15) is 5.76 Å². The molecule has 0 fully saturated rings. The lowest BCUT2D eigenvalue weighted by Gasteiger charge is -1.96. The molecule has 8 heteroatoms. The fraction of sp³-hybridized carbons (Fsp3) is 0.222. The summed E-state index contributed by atoms with van der Waals surface area (Å²) >= 11 is 2.66. The Bertz CT molecular complexity index is 483. The average Bonchev–Trinajstić information content (AvgIpc) is 2.95. The molecule has 0 unspecified atom stereocenters. The van der Waals surface area contributed by atoms with Crippen LogP contribution >= 0.6 is 23.1 Å². The first-order valence-corrected chi connectivity index (χ1v) is 6.55. The fourth-order valence-electron chi connectivity index (χ4n) is 1.05. The zero-order valence-corrected chi connectivity index (χ0v) is 10.4. The molecule has 0 aliphatic carbocycles. The summed E-state index contributed by atoms with van der Waals surface area (Å²) in [6.07, 6.45) is 1.62. The molecule has 0 atom stereocenters. The van der Waals surface area contributed by atoms with Gasteiger partial charge in [0, 0.05) is 0 Å². The Balaban J connectivity index is 1.83. The van der Waals surface area contributed by atoms with E-state index in [-0.39, 0.29) is 11.7 Å². The molecule has 0 aliphatic rings. The maximum Gasteiger partial charge on any atom is 0.227 e. The predicted octanol–water partition coefficient (Wildman–Crippen LogP) is 1.32. The lowest BCUT2D eigenvalue weighted by atomic mass is 10.4. The monoisotopic (exact) mass is 270 g/mol. The third-order valence-corrected chi connectivity index (χ3v) is 3.77. The molecule has 0 saturated heterocycles. The number of hydrogen-bond donors (Lipinski definition) is 2. The van der Waals surface area contributed by atoms with Gasteiger partial charge in [-0.25, -0.2) is 0 Å². The Hall–Kier alpha value is -1.54. The van der Waals surface area contributed by atoms with Crippen molar-refractivity contribution in [1.29, 1.82) is 0 Å². The number of carbonyl (C=O) groups is 1. The first-order chi connectivity index (χ1) is 8.24. The molecule has 2 heterocycles. The van der Waals surface area contributed by atoms with Crippen molar-refractivity contribution in [2.24, 2.45) is 5.73 Å². The van der Waals surface area contributed by atoms with E-state index >= 15 is 0 Å². The highest BCUT2D eigenvalue weighted by Gasteiger charge is 2.06. The van der Waals surface area contributed by atoms with Crippen molar-refractivity contribution in [2.75, 3.05) is 11.1 Å². The van der Waals surface area contributed by atoms with Gasteiger partial charge in [0.25, 0.3) is 0 Å². The van der Waals surface area contributed by atoms with Gasteiger partial charge in [-0.2, -0.15) is 0 Å². The van der Waals surface area contributed by atoms with Crippen LogP contribution in [0.4, 0.5) is 5.13 Å². The third-order valence-electron chi connectivity index (χ3n) is 1.74. The van der Waals surface area contributed by atoms with E-state index in [9.17, 15) is 4.79 Å². The molecule has 0 saturated carbocycles. The SMILES string of the molecule is NC(=O)CSc1nnc(NCc2ccco2)s1. The summed E-state index contributed by atoms with van der Waals surface area (Å²) in [5.41, 5.74) is 5.04. The summed E-state index contributed by atoms with van der Waals surface area (Å²) in [5, 5.41) is 11.6. The standard InChI is InChI=1S/C9H10N4O2S2/c10-7(14)5-16-9-13-12-8(17-9)11-4-6-2-1-3-15-6/h1-3H,4-5H2,(H2,10,14)(H,11,12). The largest absolute Gasteiger partial charge is 0.467 e. The Labute approximate surface area is 106 Å². The van der Waals surface area contributed by atoms with Gasteiger partial charge in [-0.3, -0.25) is 4.79 Å². The van der Waals surface area contributed by atoms with Gasteiger partial charge in [0.2, 0.25) is 11.0 Å². The van der Waals surface area contributed by atoms with Crippen molar-refractivity contribution >= 4 is 34.1 Å². The molecule has 3 N–H and O–H groups in total. The van der Waals surface area contributed by atoms with Crippen molar-refractivity contribution in [1.82, 2.24) is 10.2 Å². The zero-order valence-electron chi connectivity index (χ0n) is 8.75. The second kappa shape index (κ2) is 5.69. The Kier molecular flexibility index (Phi) is 3.99. The molecule has 1 amide bonds. The molecule has 0 radical (unpaired) electrons. The topological polar surface area (TPSA) is 94.0 Å². The first-order valence-electron chi connectivity index (χ1n) is 4.75. The van der Waals surface area contributed by atoms with E-state index in [1.807, 2.05) is 12.1 Å². The summed E-state index contributed by atoms with van der Waals surface area (Å²) in [6.45, 7) is 0.558. The smallest absolute Gasteiger partial charge is 0.227 e. The summed E-state index contributed by atoms with van der Waals surface area (Å²) in [4.78, 5) is 10.6. The van der Waals surface area contributed by atoms with Crippen LogP contribution in [0.5, 0.6) is 0 Å². The minimum Gasteiger partial charge on any atom is -0.467 e. The van der Waals surface area contributed by atoms with E-state index in [1.165, 1.54) is 23.1 Å². The summed E-state index contributed by atoms with van der Waals surface area (Å²) < 4.78 is 5.88. The zero-order chi connectivity index (χ0) is 12.1. The number of nitrogens with one attached hydrogen (secondary N) is 1. The second-order valence-corrected chi connectivity index (χ2v) is 5.26. The van der Waals surface area contributed by atoms with E-state index in [1.54, 1.807) is 6.26 Å². The van der Waals surface area contributed by atoms with E-state index in [0.29, 0.717) is 16.0 Å². The maximum atomic E-state index is 10.6. The molecular formula is C9H10N4O2S2. The van der Waals surface area contributed by atoms with Crippen molar-refractivity contribution in [3.05, 3.63) is 24.2 Å². The molecule has 90 valence electrons. The van der Waals surface area contributed by atoms with Gasteiger partial charge in [0.1, 0.15) is 5.76 Å². The average molecular weight is 270 g/mol. The number of primary amides is 1. The number of hydrogen-bond acceptors (Lipinski definition) is 7. The number of furan rings is 1. The fourth-order valence-corrected chi connectivity index (χ4v) is 2.53. The normalized spacial score (nSPS) is 10.4. The van der Waals surface area contributed by atoms with Crippen LogP contribution in [0.25, 0.3) is 0 Å². The molecule has 0 bridgehead atoms. The molecule has 2 aromatic heterocycles. The quantitative estimate of drug-likeness (QED) is 0.769. The van der Waals surface area contributed by atoms with Crippen LogP contribution in [0, 0.1) is 0 Å². The number of amides is 1. The molecule has 2 rings (SSSR count). The van der Waals surface area contributed by atoms with Gasteiger partial charge in [-0.05, 0) is 12.1 Å². The van der Waals surface area contributed by atoms with Crippen molar-refractivity contribution in [3.63, 3.8) is 0 Å². The van der Waals surface area contributed by atoms with Crippen LogP contribution in [-0.4, -0.2) is 21.9 Å². The highest BCUT2D eigenvalue weighted by molar-refractivity contribution is 8.01. The highest BCUT2D eigenvalue weighted by Crippen LogP contribution is 2.25. The second-order valence-electron chi connectivity index (χ2n) is 3.06. The van der Waals surface area contributed by atoms with Crippen molar-refractivity contribution in [3.8, 4) is 0 Å². The predicted molar refractivity (Wildman–Crippen MR) is 65.9 cm³/mol. The molecule has 17 heavy (non-hydrogen) atoms. The van der Waals surface area contributed by atoms with Crippen molar-refractivity contribution < 1.29 is 9.21 Å². The number of anilines is 1. The van der Waals surface area contributed by atoms with E-state index in [2.05, 4.69) is 15.5 Å². The summed E-state index contributed by atoms with van der Waals surface area (Å²) in [5.74, 6) is 0.675. The molecule has 2 aromatic rings. The Morgan fingerprint density at radius 3 is 3.18 bits per heavy atom. The number of nitrogens with zero attached hydrogens (tertiary/aromatic N) is 2. The van der Waals surface area contributed by atoms with Crippen LogP contribution in [-0.2, 0) is 11.3 Å². The first kappa shape index (κ1) is 11.9. The molecule has 0 spiro atoms. The Morgan fingerprint density at radius 2 is 2.47 bits per heavy atom. The lowest BCUT2D eigenvalue weighted by molar-refractivity contribution is -0.115. The highest BCUT2D eigenvalue weighted by atomic mass is 32.2. The van der Waals surface area contributed by atoms with Gasteiger partial charge in [-0.15, -0.1) is 10.2 Å². The molecular weight excluding hydrogens is 260 g/mol. The molecule has 6 nitrogen and oxygen atoms in total. The minimum atomic E-state index is -0.365. The van der Waals surface area contributed by atoms with Gasteiger partial charge in [0.05, 0.1) is 18.6 Å². The van der Waals surface area contributed by atoms with Gasteiger partial charge in [0.15, 0.2) is 4.34 Å². The van der Waals surface area contributed by atoms with Crippen molar-refractivity contribution in [2.45, 2.75) is 10.9 Å². The molecule has 0 aliphatic heterocycles. The van der Waals surface area contributed by atoms with Crippen LogP contribution in [0.15, 0.2) is 27.2 Å². The van der Waals surface area contributed by atoms with E-state index in [0.717, 1.165) is 5.76 Å². The number of rotatable bonds is 6. The number of carbonyl (C=O) groups excluding carboxylic acids is 1. The van der Waals surface area contributed by atoms with E-state index < -0.39 is 0 Å². The van der Waals surface area contributed by atoms with E-state index in [4.69, 9.17) is 10.2 Å². The van der Waals surface area contributed by atoms with Crippen LogP contribution in [0.3, 0.4) is 0 Å². The van der Waals surface area contributed by atoms with Gasteiger partial charge >= 0.3 is 0 Å². The molecule has 0 aromatic carbocycles. The van der Waals surface area contributed by atoms with Crippen LogP contribution < -0.4 is 11.1 Å².